The highest BCUT2D eigenvalue weighted by Crippen LogP contribution is 2.22. The van der Waals surface area contributed by atoms with Gasteiger partial charge in [-0.1, -0.05) is 32.0 Å². The third-order valence-corrected chi connectivity index (χ3v) is 3.63. The second-order valence-electron chi connectivity index (χ2n) is 3.98. The number of ketones is 1. The van der Waals surface area contributed by atoms with E-state index in [0.29, 0.717) is 5.56 Å². The van der Waals surface area contributed by atoms with Crippen LogP contribution >= 0.6 is 11.3 Å². The van der Waals surface area contributed by atoms with Gasteiger partial charge in [0.2, 0.25) is 5.78 Å². The maximum absolute atomic E-state index is 12.3. The molecule has 3 N–H and O–H groups in total. The Morgan fingerprint density at radius 1 is 1.24 bits per heavy atom. The largest absolute Gasteiger partial charge is 0.364 e. The van der Waals surface area contributed by atoms with Gasteiger partial charge >= 0.3 is 0 Å². The lowest BCUT2D eigenvalue weighted by atomic mass is 10.1. The number of aromatic nitrogens is 2. The highest BCUT2D eigenvalue weighted by Gasteiger charge is 2.18. The van der Waals surface area contributed by atoms with Crippen molar-refractivity contribution in [1.82, 2.24) is 9.97 Å². The van der Waals surface area contributed by atoms with Crippen LogP contribution in [0.3, 0.4) is 0 Å². The zero-order valence-corrected chi connectivity index (χ0v) is 12.5. The van der Waals surface area contributed by atoms with E-state index in [-0.39, 0.29) is 16.5 Å². The van der Waals surface area contributed by atoms with Crippen LogP contribution in [0, 0.1) is 0 Å². The highest BCUT2D eigenvalue weighted by atomic mass is 32.1. The molecule has 2 aromatic heterocycles. The average Bonchev–Trinajstić information content (AvgIpc) is 3.16. The summed E-state index contributed by atoms with van der Waals surface area (Å²) in [6.45, 7) is 4.00. The predicted molar refractivity (Wildman–Crippen MR) is 83.7 cm³/mol. The Morgan fingerprint density at radius 3 is 2.62 bits per heavy atom. The van der Waals surface area contributed by atoms with Crippen LogP contribution in [0.1, 0.15) is 39.7 Å². The van der Waals surface area contributed by atoms with Crippen molar-refractivity contribution in [2.24, 2.45) is 5.73 Å². The van der Waals surface area contributed by atoms with Gasteiger partial charge in [-0.05, 0) is 6.07 Å². The van der Waals surface area contributed by atoms with Crippen molar-refractivity contribution in [3.05, 3.63) is 52.1 Å². The van der Waals surface area contributed by atoms with Crippen molar-refractivity contribution in [3.8, 4) is 0 Å². The van der Waals surface area contributed by atoms with Crippen molar-refractivity contribution in [1.29, 1.82) is 0 Å². The van der Waals surface area contributed by atoms with Gasteiger partial charge < -0.3 is 10.7 Å². The van der Waals surface area contributed by atoms with Crippen molar-refractivity contribution < 1.29 is 9.59 Å². The lowest BCUT2D eigenvalue weighted by Gasteiger charge is -1.94. The van der Waals surface area contributed by atoms with Gasteiger partial charge in [-0.15, -0.1) is 11.3 Å². The number of carbonyl (C=O) groups excluding carboxylic acids is 2. The smallest absolute Gasteiger partial charge is 0.268 e. The van der Waals surface area contributed by atoms with E-state index in [0.717, 1.165) is 22.2 Å². The lowest BCUT2D eigenvalue weighted by molar-refractivity contribution is 0.0996. The van der Waals surface area contributed by atoms with Crippen LogP contribution < -0.4 is 5.73 Å². The molecule has 0 radical (unpaired) electrons. The normalized spacial score (nSPS) is 10.0. The van der Waals surface area contributed by atoms with Crippen molar-refractivity contribution >= 4 is 33.9 Å². The first-order valence-corrected chi connectivity index (χ1v) is 7.41. The summed E-state index contributed by atoms with van der Waals surface area (Å²) in [6.07, 6.45) is 1.65. The molecule has 0 aliphatic rings. The fraction of sp³-hybridized carbons (Fsp3) is 0.133. The molecule has 1 amide bonds. The molecular weight excluding hydrogens is 286 g/mol. The number of nitrogens with two attached hydrogens (primary N) is 1. The van der Waals surface area contributed by atoms with E-state index in [1.165, 1.54) is 5.38 Å². The molecule has 3 aromatic rings. The molecule has 0 saturated heterocycles. The molecule has 0 spiro atoms. The van der Waals surface area contributed by atoms with E-state index >= 15 is 0 Å². The molecule has 0 aliphatic carbocycles. The van der Waals surface area contributed by atoms with E-state index in [1.54, 1.807) is 6.20 Å². The fourth-order valence-corrected chi connectivity index (χ4v) is 2.63. The standard InChI is InChI=1S/C13H9N3O2S.C2H6/c14-12(18)10-6-19-13(16-10)11(17)8-5-15-9-4-2-1-3-7(8)9;1-2/h1-6,15H,(H2,14,18);1-2H3. The molecule has 21 heavy (non-hydrogen) atoms. The van der Waals surface area contributed by atoms with Gasteiger partial charge in [-0.3, -0.25) is 9.59 Å². The summed E-state index contributed by atoms with van der Waals surface area (Å²) in [7, 11) is 0. The average molecular weight is 301 g/mol. The number of rotatable bonds is 3. The Bertz CT molecular complexity index is 789. The number of fused-ring (bicyclic) bond motifs is 1. The van der Waals surface area contributed by atoms with E-state index in [2.05, 4.69) is 9.97 Å². The molecule has 0 fully saturated rings. The fourth-order valence-electron chi connectivity index (χ4n) is 1.87. The number of benzene rings is 1. The summed E-state index contributed by atoms with van der Waals surface area (Å²) in [5.74, 6) is -0.843. The van der Waals surface area contributed by atoms with Crippen LogP contribution in [-0.4, -0.2) is 21.7 Å². The van der Waals surface area contributed by atoms with Crippen LogP contribution in [-0.2, 0) is 0 Å². The molecule has 3 rings (SSSR count). The maximum Gasteiger partial charge on any atom is 0.268 e. The minimum Gasteiger partial charge on any atom is -0.364 e. The van der Waals surface area contributed by atoms with Gasteiger partial charge in [0.05, 0.1) is 5.56 Å². The third kappa shape index (κ3) is 2.85. The molecular formula is C15H15N3O2S. The molecule has 0 bridgehead atoms. The molecule has 0 unspecified atom stereocenters. The third-order valence-electron chi connectivity index (χ3n) is 2.78. The number of amides is 1. The highest BCUT2D eigenvalue weighted by molar-refractivity contribution is 7.12. The van der Waals surface area contributed by atoms with Crippen LogP contribution in [0.4, 0.5) is 0 Å². The Kier molecular flexibility index (Phi) is 4.49. The number of hydrogen-bond donors (Lipinski definition) is 2. The van der Waals surface area contributed by atoms with Crippen molar-refractivity contribution in [2.75, 3.05) is 0 Å². The van der Waals surface area contributed by atoms with Crippen molar-refractivity contribution in [2.45, 2.75) is 13.8 Å². The Balaban J connectivity index is 0.000000774. The number of hydrogen-bond acceptors (Lipinski definition) is 4. The first-order valence-electron chi connectivity index (χ1n) is 6.53. The molecule has 108 valence electrons. The molecule has 1 aromatic carbocycles. The number of thiazole rings is 1. The Hall–Kier alpha value is -2.47. The topological polar surface area (TPSA) is 88.8 Å². The van der Waals surface area contributed by atoms with E-state index in [4.69, 9.17) is 5.73 Å². The summed E-state index contributed by atoms with van der Waals surface area (Å²) >= 11 is 1.12. The summed E-state index contributed by atoms with van der Waals surface area (Å²) in [6, 6.07) is 7.51. The quantitative estimate of drug-likeness (QED) is 0.729. The first kappa shape index (κ1) is 14.9. The number of H-pyrrole nitrogens is 1. The Morgan fingerprint density at radius 2 is 1.95 bits per heavy atom. The van der Waals surface area contributed by atoms with Gasteiger partial charge in [-0.25, -0.2) is 4.98 Å². The predicted octanol–water partition coefficient (Wildman–Crippen LogP) is 2.98. The molecule has 2 heterocycles. The minimum absolute atomic E-state index is 0.119. The zero-order valence-electron chi connectivity index (χ0n) is 11.7. The van der Waals surface area contributed by atoms with Crippen LogP contribution in [0.5, 0.6) is 0 Å². The minimum atomic E-state index is -0.630. The first-order chi connectivity index (χ1) is 10.2. The monoisotopic (exact) mass is 301 g/mol. The zero-order chi connectivity index (χ0) is 15.4. The molecule has 6 heteroatoms. The molecule has 0 saturated carbocycles. The van der Waals surface area contributed by atoms with E-state index in [9.17, 15) is 9.59 Å². The molecule has 5 nitrogen and oxygen atoms in total. The van der Waals surface area contributed by atoms with Crippen molar-refractivity contribution in [3.63, 3.8) is 0 Å². The summed E-state index contributed by atoms with van der Waals surface area (Å²) < 4.78 is 0. The summed E-state index contributed by atoms with van der Waals surface area (Å²) in [5, 5.41) is 2.59. The van der Waals surface area contributed by atoms with E-state index in [1.807, 2.05) is 38.1 Å². The summed E-state index contributed by atoms with van der Waals surface area (Å²) in [5.41, 5.74) is 6.67. The van der Waals surface area contributed by atoms with Crippen LogP contribution in [0.15, 0.2) is 35.8 Å². The number of para-hydroxylation sites is 1. The number of aromatic amines is 1. The number of primary amides is 1. The second-order valence-corrected chi connectivity index (χ2v) is 4.84. The Labute approximate surface area is 125 Å². The van der Waals surface area contributed by atoms with Gasteiger partial charge in [0.15, 0.2) is 5.01 Å². The number of nitrogens with one attached hydrogen (secondary N) is 1. The van der Waals surface area contributed by atoms with Crippen LogP contribution in [0.25, 0.3) is 10.9 Å². The van der Waals surface area contributed by atoms with Gasteiger partial charge in [0.1, 0.15) is 5.69 Å². The van der Waals surface area contributed by atoms with Crippen LogP contribution in [0.2, 0.25) is 0 Å². The van der Waals surface area contributed by atoms with Gasteiger partial charge in [-0.2, -0.15) is 0 Å². The second kappa shape index (κ2) is 6.32. The maximum atomic E-state index is 12.3. The van der Waals surface area contributed by atoms with Gasteiger partial charge in [0.25, 0.3) is 5.91 Å². The van der Waals surface area contributed by atoms with E-state index < -0.39 is 5.91 Å². The lowest BCUT2D eigenvalue weighted by Crippen LogP contribution is -2.12. The molecule has 0 aliphatic heterocycles. The number of carbonyl (C=O) groups is 2. The summed E-state index contributed by atoms with van der Waals surface area (Å²) in [4.78, 5) is 30.3. The number of nitrogens with zero attached hydrogens (tertiary/aromatic N) is 1. The SMILES string of the molecule is CC.NC(=O)c1csc(C(=O)c2c[nH]c3ccccc23)n1. The van der Waals surface area contributed by atoms with Gasteiger partial charge in [0, 0.05) is 22.5 Å². The molecule has 0 atom stereocenters.